The highest BCUT2D eigenvalue weighted by atomic mass is 35.5. The number of halogens is 1. The Morgan fingerprint density at radius 1 is 1.30 bits per heavy atom. The van der Waals surface area contributed by atoms with Crippen LogP contribution in [0.3, 0.4) is 0 Å². The van der Waals surface area contributed by atoms with Gasteiger partial charge in [-0.25, -0.2) is 12.7 Å². The summed E-state index contributed by atoms with van der Waals surface area (Å²) < 4.78 is 25.6. The molecule has 124 valence electrons. The van der Waals surface area contributed by atoms with Crippen molar-refractivity contribution in [2.75, 3.05) is 13.1 Å². The van der Waals surface area contributed by atoms with Crippen LogP contribution in [0.25, 0.3) is 0 Å². The highest BCUT2D eigenvalue weighted by Crippen LogP contribution is 2.32. The molecule has 0 bridgehead atoms. The van der Waals surface area contributed by atoms with Gasteiger partial charge in [-0.1, -0.05) is 24.4 Å². The van der Waals surface area contributed by atoms with E-state index in [1.165, 1.54) is 18.2 Å². The van der Waals surface area contributed by atoms with Gasteiger partial charge in [0.25, 0.3) is 15.9 Å². The molecular weight excluding hydrogens is 340 g/mol. The van der Waals surface area contributed by atoms with E-state index >= 15 is 0 Å². The van der Waals surface area contributed by atoms with Gasteiger partial charge >= 0.3 is 0 Å². The Kier molecular flexibility index (Phi) is 4.33. The number of nitrogens with zero attached hydrogens (tertiary/aromatic N) is 1. The van der Waals surface area contributed by atoms with Crippen molar-refractivity contribution in [2.45, 2.75) is 30.6 Å². The number of amides is 2. The third-order valence-electron chi connectivity index (χ3n) is 4.31. The lowest BCUT2D eigenvalue weighted by Gasteiger charge is -2.16. The van der Waals surface area contributed by atoms with Crippen molar-refractivity contribution in [3.8, 4) is 0 Å². The molecule has 1 saturated carbocycles. The van der Waals surface area contributed by atoms with E-state index in [0.29, 0.717) is 0 Å². The molecule has 8 heteroatoms. The number of hydrogen-bond donors (Lipinski definition) is 1. The molecule has 0 unspecified atom stereocenters. The largest absolute Gasteiger partial charge is 0.354 e. The van der Waals surface area contributed by atoms with Crippen molar-refractivity contribution in [3.05, 3.63) is 28.8 Å². The summed E-state index contributed by atoms with van der Waals surface area (Å²) in [4.78, 5) is 24.1. The summed E-state index contributed by atoms with van der Waals surface area (Å²) in [5.74, 6) is -0.629. The average molecular weight is 357 g/mol. The molecule has 2 aliphatic rings. The maximum absolute atomic E-state index is 12.4. The molecule has 1 N–H and O–H groups in total. The van der Waals surface area contributed by atoms with Crippen LogP contribution < -0.4 is 5.32 Å². The van der Waals surface area contributed by atoms with Gasteiger partial charge in [-0.15, -0.1) is 0 Å². The molecule has 1 aromatic carbocycles. The summed E-state index contributed by atoms with van der Waals surface area (Å²) in [6.07, 6.45) is 3.84. The Morgan fingerprint density at radius 3 is 2.70 bits per heavy atom. The Labute approximate surface area is 139 Å². The third-order valence-corrected chi connectivity index (χ3v) is 6.37. The normalized spacial score (nSPS) is 19.9. The Morgan fingerprint density at radius 2 is 2.00 bits per heavy atom. The zero-order valence-corrected chi connectivity index (χ0v) is 14.0. The summed E-state index contributed by atoms with van der Waals surface area (Å²) in [5, 5.41) is 2.99. The highest BCUT2D eigenvalue weighted by Gasteiger charge is 2.41. The fourth-order valence-electron chi connectivity index (χ4n) is 3.08. The monoisotopic (exact) mass is 356 g/mol. The van der Waals surface area contributed by atoms with Crippen LogP contribution in [-0.4, -0.2) is 37.6 Å². The molecule has 2 amide bonds. The smallest absolute Gasteiger partial charge is 0.269 e. The summed E-state index contributed by atoms with van der Waals surface area (Å²) in [7, 11) is -3.89. The number of benzene rings is 1. The van der Waals surface area contributed by atoms with Gasteiger partial charge in [0, 0.05) is 17.5 Å². The first kappa shape index (κ1) is 16.3. The van der Waals surface area contributed by atoms with Crippen molar-refractivity contribution >= 4 is 33.4 Å². The van der Waals surface area contributed by atoms with Gasteiger partial charge in [0.15, 0.2) is 0 Å². The minimum Gasteiger partial charge on any atom is -0.354 e. The third kappa shape index (κ3) is 2.95. The van der Waals surface area contributed by atoms with Crippen LogP contribution in [-0.2, 0) is 14.8 Å². The number of sulfonamides is 1. The van der Waals surface area contributed by atoms with E-state index in [2.05, 4.69) is 5.32 Å². The number of carbonyl (C=O) groups is 2. The van der Waals surface area contributed by atoms with Crippen molar-refractivity contribution in [1.29, 1.82) is 0 Å². The molecule has 1 fully saturated rings. The minimum absolute atomic E-state index is 0.0110. The van der Waals surface area contributed by atoms with Crippen molar-refractivity contribution in [2.24, 2.45) is 5.92 Å². The summed E-state index contributed by atoms with van der Waals surface area (Å²) in [6.45, 7) is 0.0357. The Hall–Kier alpha value is -1.60. The van der Waals surface area contributed by atoms with Gasteiger partial charge in [0.05, 0.1) is 12.1 Å². The molecule has 1 aliphatic carbocycles. The fourth-order valence-corrected chi connectivity index (χ4v) is 4.91. The van der Waals surface area contributed by atoms with E-state index in [1.54, 1.807) is 0 Å². The molecule has 0 saturated heterocycles. The molecular formula is C15H17ClN2O4S. The fraction of sp³-hybridized carbons (Fsp3) is 0.467. The number of fused-ring (bicyclic) bond motifs is 1. The zero-order chi connectivity index (χ0) is 16.6. The lowest BCUT2D eigenvalue weighted by molar-refractivity contribution is -0.124. The quantitative estimate of drug-likeness (QED) is 0.891. The average Bonchev–Trinajstić information content (AvgIpc) is 3.09. The van der Waals surface area contributed by atoms with E-state index in [1.807, 2.05) is 0 Å². The highest BCUT2D eigenvalue weighted by molar-refractivity contribution is 7.90. The van der Waals surface area contributed by atoms with E-state index in [-0.39, 0.29) is 40.4 Å². The van der Waals surface area contributed by atoms with Gasteiger partial charge in [-0.05, 0) is 31.0 Å². The molecule has 1 aromatic rings. The predicted octanol–water partition coefficient (Wildman–Crippen LogP) is 1.79. The molecule has 0 radical (unpaired) electrons. The van der Waals surface area contributed by atoms with Gasteiger partial charge < -0.3 is 5.32 Å². The van der Waals surface area contributed by atoms with Crippen LogP contribution in [0.2, 0.25) is 5.02 Å². The summed E-state index contributed by atoms with van der Waals surface area (Å²) >= 11 is 5.81. The summed E-state index contributed by atoms with van der Waals surface area (Å²) in [6, 6.07) is 4.18. The predicted molar refractivity (Wildman–Crippen MR) is 84.6 cm³/mol. The second-order valence-electron chi connectivity index (χ2n) is 5.80. The van der Waals surface area contributed by atoms with Crippen LogP contribution in [0.4, 0.5) is 0 Å². The van der Waals surface area contributed by atoms with Crippen LogP contribution >= 0.6 is 11.6 Å². The second-order valence-corrected chi connectivity index (χ2v) is 8.06. The van der Waals surface area contributed by atoms with Crippen LogP contribution in [0.5, 0.6) is 0 Å². The van der Waals surface area contributed by atoms with Crippen LogP contribution in [0, 0.1) is 5.92 Å². The van der Waals surface area contributed by atoms with Crippen molar-refractivity contribution in [3.63, 3.8) is 0 Å². The SMILES string of the molecule is O=C(NCCN1C(=O)c2ccc(Cl)cc2S1(=O)=O)C1CCCC1. The van der Waals surface area contributed by atoms with Gasteiger partial charge in [-0.3, -0.25) is 9.59 Å². The van der Waals surface area contributed by atoms with Crippen LogP contribution in [0.15, 0.2) is 23.1 Å². The molecule has 6 nitrogen and oxygen atoms in total. The van der Waals surface area contributed by atoms with Gasteiger partial charge in [0.2, 0.25) is 5.91 Å². The first-order chi connectivity index (χ1) is 10.9. The van der Waals surface area contributed by atoms with E-state index in [9.17, 15) is 18.0 Å². The molecule has 0 atom stereocenters. The maximum atomic E-state index is 12.4. The van der Waals surface area contributed by atoms with Crippen molar-refractivity contribution < 1.29 is 18.0 Å². The number of hydrogen-bond acceptors (Lipinski definition) is 4. The lowest BCUT2D eigenvalue weighted by atomic mass is 10.1. The minimum atomic E-state index is -3.89. The molecule has 1 heterocycles. The molecule has 3 rings (SSSR count). The lowest BCUT2D eigenvalue weighted by Crippen LogP contribution is -2.39. The Bertz CT molecular complexity index is 757. The number of nitrogens with one attached hydrogen (secondary N) is 1. The maximum Gasteiger partial charge on any atom is 0.269 e. The first-order valence-electron chi connectivity index (χ1n) is 7.55. The van der Waals surface area contributed by atoms with Gasteiger partial charge in [0.1, 0.15) is 4.90 Å². The second kappa shape index (κ2) is 6.13. The van der Waals surface area contributed by atoms with Crippen LogP contribution in [0.1, 0.15) is 36.0 Å². The van der Waals surface area contributed by atoms with Gasteiger partial charge in [-0.2, -0.15) is 0 Å². The standard InChI is InChI=1S/C15H17ClN2O4S/c16-11-5-6-12-13(9-11)23(21,22)18(15(12)20)8-7-17-14(19)10-3-1-2-4-10/h5-6,9-10H,1-4,7-8H2,(H,17,19). The molecule has 0 aromatic heterocycles. The first-order valence-corrected chi connectivity index (χ1v) is 9.37. The molecule has 23 heavy (non-hydrogen) atoms. The Balaban J connectivity index is 1.67. The van der Waals surface area contributed by atoms with Crippen molar-refractivity contribution in [1.82, 2.24) is 9.62 Å². The summed E-state index contributed by atoms with van der Waals surface area (Å²) in [5.41, 5.74) is 0.122. The zero-order valence-electron chi connectivity index (χ0n) is 12.4. The number of carbonyl (C=O) groups excluding carboxylic acids is 2. The van der Waals surface area contributed by atoms with E-state index < -0.39 is 15.9 Å². The molecule has 0 spiro atoms. The van der Waals surface area contributed by atoms with E-state index in [0.717, 1.165) is 30.0 Å². The topological polar surface area (TPSA) is 83.6 Å². The molecule has 1 aliphatic heterocycles. The number of rotatable bonds is 4. The van der Waals surface area contributed by atoms with E-state index in [4.69, 9.17) is 11.6 Å².